The lowest BCUT2D eigenvalue weighted by molar-refractivity contribution is 0.178. The van der Waals surface area contributed by atoms with Gasteiger partial charge in [-0.3, -0.25) is 4.57 Å². The number of imidazole rings is 1. The van der Waals surface area contributed by atoms with Crippen molar-refractivity contribution in [3.63, 3.8) is 0 Å². The van der Waals surface area contributed by atoms with E-state index in [2.05, 4.69) is 117 Å². The molecule has 8 nitrogen and oxygen atoms in total. The summed E-state index contributed by atoms with van der Waals surface area (Å²) in [4.78, 5) is 13.8. The maximum absolute atomic E-state index is 9.98. The minimum Gasteiger partial charge on any atom is -0.422 e. The molecule has 0 atom stereocenters. The minimum atomic E-state index is -1.70. The molecule has 0 amide bonds. The monoisotopic (exact) mass is 755 g/mol. The van der Waals surface area contributed by atoms with E-state index in [1.54, 1.807) is 18.3 Å². The van der Waals surface area contributed by atoms with Crippen LogP contribution >= 0.6 is 0 Å². The van der Waals surface area contributed by atoms with Crippen molar-refractivity contribution in [1.82, 2.24) is 19.5 Å². The van der Waals surface area contributed by atoms with Gasteiger partial charge >= 0.3 is 7.12 Å². The Kier molecular flexibility index (Phi) is 15.1. The molecule has 4 rings (SSSR count). The zero-order valence-electron chi connectivity index (χ0n) is 35.4. The van der Waals surface area contributed by atoms with Crippen LogP contribution in [0, 0.1) is 35.5 Å². The maximum Gasteiger partial charge on any atom is 0.508 e. The number of nitrogen functional groups attached to an aromatic ring is 1. The Balaban J connectivity index is 1.86. The molecule has 0 fully saturated rings. The molecule has 4 N–H and O–H groups in total. The number of nitrogens with zero attached hydrogens (tertiary/aromatic N) is 4. The fourth-order valence-electron chi connectivity index (χ4n) is 9.66. The lowest BCUT2D eigenvalue weighted by Crippen LogP contribution is -2.49. The first kappa shape index (κ1) is 43.7. The molecule has 1 aromatic carbocycles. The van der Waals surface area contributed by atoms with E-state index in [9.17, 15) is 10.0 Å². The highest BCUT2D eigenvalue weighted by atomic mass is 28.3. The van der Waals surface area contributed by atoms with Crippen LogP contribution in [0.15, 0.2) is 54.7 Å². The second-order valence-electron chi connectivity index (χ2n) is 18.6. The van der Waals surface area contributed by atoms with E-state index < -0.39 is 16.2 Å². The van der Waals surface area contributed by atoms with Crippen molar-refractivity contribution >= 4 is 38.7 Å². The summed E-state index contributed by atoms with van der Waals surface area (Å²) in [6, 6.07) is 15.5. The van der Waals surface area contributed by atoms with Gasteiger partial charge in [-0.2, -0.15) is 0 Å². The summed E-state index contributed by atoms with van der Waals surface area (Å²) in [7, 11) is -3.15. The molecule has 0 bridgehead atoms. The molecule has 3 aromatic heterocycles. The molecule has 0 saturated carbocycles. The van der Waals surface area contributed by atoms with E-state index in [4.69, 9.17) is 15.1 Å². The molecule has 0 aliphatic carbocycles. The summed E-state index contributed by atoms with van der Waals surface area (Å²) < 4.78 is 9.63. The third-order valence-corrected chi connectivity index (χ3v) is 13.8. The highest BCUT2D eigenvalue weighted by molar-refractivity contribution is 6.59. The molecule has 0 aliphatic rings. The fraction of sp³-hybridized carbons (Fsp3) is 0.614. The largest absolute Gasteiger partial charge is 0.508 e. The highest BCUT2D eigenvalue weighted by Gasteiger charge is 2.55. The van der Waals surface area contributed by atoms with Gasteiger partial charge in [0.15, 0.2) is 11.5 Å². The van der Waals surface area contributed by atoms with Gasteiger partial charge in [-0.15, -0.1) is 0 Å². The predicted octanol–water partition coefficient (Wildman–Crippen LogP) is 10.0. The predicted molar refractivity (Wildman–Crippen MR) is 229 cm³/mol. The number of anilines is 1. The Bertz CT molecular complexity index is 1680. The third-order valence-electron chi connectivity index (χ3n) is 10.2. The Labute approximate surface area is 328 Å². The number of nitrogens with two attached hydrogens (primary N) is 1. The molecule has 0 spiro atoms. The molecule has 4 aromatic rings. The Morgan fingerprint density at radius 2 is 1.17 bits per heavy atom. The SMILES string of the molecule is CC(C)CC(CC(C)C)(CC(C)C)[Si](OCc1ccc(-n2c(-c3cccnc3N)nc3ccc(B(O)O)nc32)cc1)C(CC(C)C)(CC(C)C)CC(C)C. The zero-order chi connectivity index (χ0) is 40.0. The number of hydrogen-bond donors (Lipinski definition) is 3. The molecular weight excluding hydrogens is 685 g/mol. The fourth-order valence-corrected chi connectivity index (χ4v) is 15.3. The lowest BCUT2D eigenvalue weighted by Gasteiger charge is -2.53. The summed E-state index contributed by atoms with van der Waals surface area (Å²) >= 11 is 0. The molecule has 1 radical (unpaired) electrons. The van der Waals surface area contributed by atoms with Crippen molar-refractivity contribution in [3.8, 4) is 17.1 Å². The van der Waals surface area contributed by atoms with Crippen molar-refractivity contribution in [3.05, 3.63) is 60.3 Å². The van der Waals surface area contributed by atoms with Crippen LogP contribution in [-0.4, -0.2) is 45.7 Å². The first-order chi connectivity index (χ1) is 25.4. The second-order valence-corrected chi connectivity index (χ2v) is 21.7. The molecule has 10 heteroatoms. The lowest BCUT2D eigenvalue weighted by atomic mass is 9.81. The van der Waals surface area contributed by atoms with Gasteiger partial charge in [0, 0.05) is 11.9 Å². The summed E-state index contributed by atoms with van der Waals surface area (Å²) in [5, 5.41) is 20.2. The van der Waals surface area contributed by atoms with Crippen molar-refractivity contribution in [2.24, 2.45) is 35.5 Å². The number of pyridine rings is 2. The molecule has 3 heterocycles. The van der Waals surface area contributed by atoms with Crippen molar-refractivity contribution < 1.29 is 14.5 Å². The first-order valence-corrected chi connectivity index (χ1v) is 21.8. The number of benzene rings is 1. The zero-order valence-corrected chi connectivity index (χ0v) is 36.4. The summed E-state index contributed by atoms with van der Waals surface area (Å²) in [5.74, 6) is 4.41. The summed E-state index contributed by atoms with van der Waals surface area (Å²) in [6.07, 6.45) is 8.81. The normalized spacial score (nSPS) is 13.0. The maximum atomic E-state index is 9.98. The van der Waals surface area contributed by atoms with E-state index in [1.807, 2.05) is 16.7 Å². The summed E-state index contributed by atoms with van der Waals surface area (Å²) in [6.45, 7) is 29.5. The van der Waals surface area contributed by atoms with Crippen LogP contribution in [0.5, 0.6) is 0 Å². The second kappa shape index (κ2) is 18.7. The Morgan fingerprint density at radius 1 is 0.685 bits per heavy atom. The van der Waals surface area contributed by atoms with Crippen LogP contribution in [-0.2, 0) is 11.0 Å². The van der Waals surface area contributed by atoms with Gasteiger partial charge in [0.25, 0.3) is 0 Å². The van der Waals surface area contributed by atoms with E-state index in [-0.39, 0.29) is 15.7 Å². The minimum absolute atomic E-state index is 0.134. The van der Waals surface area contributed by atoms with Gasteiger partial charge in [0.1, 0.15) is 11.3 Å². The van der Waals surface area contributed by atoms with E-state index in [0.717, 1.165) is 11.3 Å². The standard InChI is InChI=1S/C44H69BN5O3Si/c1-29(2)22-43(23-30(3)4,24-31(5)6)54(44(25-32(7)8,26-33(9)10)27-34(11)12)53-28-35-15-17-36(18-16-35)50-41(37-14-13-21-47-40(37)46)48-38-19-20-39(45(51)52)49-42(38)50/h13-21,29-34,51-52H,22-28H2,1-12H3,(H2,46,47). The van der Waals surface area contributed by atoms with Gasteiger partial charge in [-0.1, -0.05) is 95.2 Å². The van der Waals surface area contributed by atoms with Gasteiger partial charge in [-0.05, 0) is 126 Å². The van der Waals surface area contributed by atoms with Crippen molar-refractivity contribution in [1.29, 1.82) is 0 Å². The van der Waals surface area contributed by atoms with Gasteiger partial charge in [-0.25, -0.2) is 15.0 Å². The van der Waals surface area contributed by atoms with Crippen LogP contribution in [0.3, 0.4) is 0 Å². The van der Waals surface area contributed by atoms with Crippen molar-refractivity contribution in [2.45, 2.75) is 138 Å². The van der Waals surface area contributed by atoms with E-state index in [0.29, 0.717) is 70.5 Å². The molecule has 54 heavy (non-hydrogen) atoms. The molecule has 0 saturated heterocycles. The third kappa shape index (κ3) is 10.8. The van der Waals surface area contributed by atoms with Crippen LogP contribution in [0.2, 0.25) is 10.1 Å². The van der Waals surface area contributed by atoms with Gasteiger partial charge in [0.05, 0.1) is 17.8 Å². The average molecular weight is 755 g/mol. The number of fused-ring (bicyclic) bond motifs is 1. The quantitative estimate of drug-likeness (QED) is 0.0769. The Hall–Kier alpha value is -3.05. The number of aromatic nitrogens is 4. The van der Waals surface area contributed by atoms with Gasteiger partial charge in [0.2, 0.25) is 9.04 Å². The molecule has 0 aliphatic heterocycles. The molecule has 0 unspecified atom stereocenters. The molecule has 295 valence electrons. The summed E-state index contributed by atoms with van der Waals surface area (Å²) in [5.41, 5.74) is 10.3. The van der Waals surface area contributed by atoms with Gasteiger partial charge < -0.3 is 20.2 Å². The average Bonchev–Trinajstić information content (AvgIpc) is 3.41. The highest BCUT2D eigenvalue weighted by Crippen LogP contribution is 2.61. The van der Waals surface area contributed by atoms with Crippen LogP contribution in [0.4, 0.5) is 5.82 Å². The van der Waals surface area contributed by atoms with E-state index >= 15 is 0 Å². The van der Waals surface area contributed by atoms with Crippen LogP contribution < -0.4 is 11.3 Å². The van der Waals surface area contributed by atoms with Crippen LogP contribution in [0.25, 0.3) is 28.2 Å². The van der Waals surface area contributed by atoms with E-state index in [1.165, 1.54) is 38.5 Å². The molecular formula is C44H69BN5O3Si. The van der Waals surface area contributed by atoms with Crippen LogP contribution in [0.1, 0.15) is 127 Å². The van der Waals surface area contributed by atoms with Crippen molar-refractivity contribution in [2.75, 3.05) is 5.73 Å². The first-order valence-electron chi connectivity index (χ1n) is 20.4. The topological polar surface area (TPSA) is 119 Å². The smallest absolute Gasteiger partial charge is 0.422 e. The number of hydrogen-bond acceptors (Lipinski definition) is 7. The number of rotatable bonds is 20. The Morgan fingerprint density at radius 3 is 1.59 bits per heavy atom.